The van der Waals surface area contributed by atoms with Gasteiger partial charge in [0, 0.05) is 37.6 Å². The van der Waals surface area contributed by atoms with Gasteiger partial charge in [0.05, 0.1) is 0 Å². The van der Waals surface area contributed by atoms with Crippen LogP contribution in [0.3, 0.4) is 0 Å². The van der Waals surface area contributed by atoms with Gasteiger partial charge in [0.2, 0.25) is 5.91 Å². The van der Waals surface area contributed by atoms with E-state index in [1.165, 1.54) is 0 Å². The summed E-state index contributed by atoms with van der Waals surface area (Å²) >= 11 is 0. The van der Waals surface area contributed by atoms with Crippen LogP contribution in [0.15, 0.2) is 24.5 Å². The number of pyridine rings is 1. The second kappa shape index (κ2) is 6.08. The number of rotatable bonds is 3. The molecule has 1 aromatic rings. The van der Waals surface area contributed by atoms with E-state index in [1.54, 1.807) is 17.3 Å². The molecule has 0 radical (unpaired) electrons. The molecule has 1 amide bonds. The molecule has 7 nitrogen and oxygen atoms in total. The number of aromatic nitrogens is 1. The monoisotopic (exact) mass is 286 g/mol. The van der Waals surface area contributed by atoms with Crippen molar-refractivity contribution in [3.63, 3.8) is 0 Å². The highest BCUT2D eigenvalue weighted by atomic mass is 16.2. The third-order valence-corrected chi connectivity index (χ3v) is 4.00. The highest BCUT2D eigenvalue weighted by molar-refractivity contribution is 5.82. The molecule has 1 aromatic heterocycles. The van der Waals surface area contributed by atoms with E-state index in [0.717, 1.165) is 18.5 Å². The van der Waals surface area contributed by atoms with Gasteiger partial charge in [0.15, 0.2) is 6.19 Å². The number of amides is 1. The normalized spacial score (nSPS) is 28.3. The fourth-order valence-electron chi connectivity index (χ4n) is 2.81. The Hall–Kier alpha value is -2.17. The average Bonchev–Trinajstić information content (AvgIpc) is 3.17. The number of nitrogens with zero attached hydrogens (tertiary/aromatic N) is 3. The summed E-state index contributed by atoms with van der Waals surface area (Å²) in [6.45, 7) is 1.33. The van der Waals surface area contributed by atoms with Crippen LogP contribution in [0.2, 0.25) is 0 Å². The average molecular weight is 286 g/mol. The standard InChI is InChI=1S/C14H18N6O/c15-9-20-6-3-11(8-20)17-14(21)13-7-12(18-19-13)10-1-4-16-5-2-10/h1-2,4-5,11-13,18-19H,3,6-8H2,(H,17,21). The lowest BCUT2D eigenvalue weighted by molar-refractivity contribution is -0.123. The Morgan fingerprint density at radius 1 is 1.43 bits per heavy atom. The van der Waals surface area contributed by atoms with Crippen molar-refractivity contribution < 1.29 is 4.79 Å². The quantitative estimate of drug-likeness (QED) is 0.658. The van der Waals surface area contributed by atoms with Gasteiger partial charge in [-0.05, 0) is 30.5 Å². The van der Waals surface area contributed by atoms with Crippen molar-refractivity contribution in [3.05, 3.63) is 30.1 Å². The molecule has 21 heavy (non-hydrogen) atoms. The summed E-state index contributed by atoms with van der Waals surface area (Å²) in [6.07, 6.45) is 7.14. The molecule has 3 heterocycles. The van der Waals surface area contributed by atoms with E-state index < -0.39 is 0 Å². The maximum Gasteiger partial charge on any atom is 0.238 e. The molecular weight excluding hydrogens is 268 g/mol. The van der Waals surface area contributed by atoms with Crippen LogP contribution in [-0.4, -0.2) is 41.0 Å². The molecule has 0 aliphatic carbocycles. The number of nitrogens with one attached hydrogen (secondary N) is 3. The lowest BCUT2D eigenvalue weighted by Gasteiger charge is -2.15. The number of hydrogen-bond donors (Lipinski definition) is 3. The first-order valence-electron chi connectivity index (χ1n) is 7.12. The highest BCUT2D eigenvalue weighted by Gasteiger charge is 2.32. The van der Waals surface area contributed by atoms with E-state index in [1.807, 2.05) is 12.1 Å². The minimum absolute atomic E-state index is 0.0103. The summed E-state index contributed by atoms with van der Waals surface area (Å²) in [4.78, 5) is 17.9. The number of likely N-dealkylation sites (tertiary alicyclic amines) is 1. The predicted octanol–water partition coefficient (Wildman–Crippen LogP) is -0.339. The van der Waals surface area contributed by atoms with Crippen LogP contribution < -0.4 is 16.2 Å². The Morgan fingerprint density at radius 2 is 2.24 bits per heavy atom. The summed E-state index contributed by atoms with van der Waals surface area (Å²) in [6, 6.07) is 3.82. The minimum atomic E-state index is -0.251. The van der Waals surface area contributed by atoms with E-state index >= 15 is 0 Å². The first-order chi connectivity index (χ1) is 10.3. The maximum absolute atomic E-state index is 12.2. The topological polar surface area (TPSA) is 93.1 Å². The Bertz CT molecular complexity index is 542. The zero-order valence-electron chi connectivity index (χ0n) is 11.6. The summed E-state index contributed by atoms with van der Waals surface area (Å²) in [5, 5.41) is 11.8. The maximum atomic E-state index is 12.2. The zero-order valence-corrected chi connectivity index (χ0v) is 11.6. The number of hydrazine groups is 1. The molecule has 0 bridgehead atoms. The van der Waals surface area contributed by atoms with Crippen LogP contribution in [0.1, 0.15) is 24.4 Å². The van der Waals surface area contributed by atoms with Crippen molar-refractivity contribution in [3.8, 4) is 6.19 Å². The number of carbonyl (C=O) groups is 1. The molecule has 3 N–H and O–H groups in total. The number of hydrogen-bond acceptors (Lipinski definition) is 6. The molecule has 2 saturated heterocycles. The van der Waals surface area contributed by atoms with Gasteiger partial charge in [-0.25, -0.2) is 10.9 Å². The van der Waals surface area contributed by atoms with Crippen molar-refractivity contribution in [2.45, 2.75) is 31.0 Å². The van der Waals surface area contributed by atoms with Gasteiger partial charge in [-0.2, -0.15) is 5.26 Å². The SMILES string of the molecule is N#CN1CCC(NC(=O)C2CC(c3ccncc3)NN2)C1. The molecule has 110 valence electrons. The van der Waals surface area contributed by atoms with Gasteiger partial charge in [-0.3, -0.25) is 9.78 Å². The second-order valence-electron chi connectivity index (χ2n) is 5.45. The molecule has 0 aromatic carbocycles. The summed E-state index contributed by atoms with van der Waals surface area (Å²) in [5.74, 6) is -0.0103. The van der Waals surface area contributed by atoms with Gasteiger partial charge >= 0.3 is 0 Å². The Balaban J connectivity index is 1.52. The Labute approximate surface area is 123 Å². The van der Waals surface area contributed by atoms with Gasteiger partial charge < -0.3 is 10.2 Å². The predicted molar refractivity (Wildman–Crippen MR) is 75.4 cm³/mol. The van der Waals surface area contributed by atoms with Crippen LogP contribution in [0.5, 0.6) is 0 Å². The first-order valence-corrected chi connectivity index (χ1v) is 7.12. The molecule has 2 fully saturated rings. The van der Waals surface area contributed by atoms with E-state index in [9.17, 15) is 4.79 Å². The fourth-order valence-corrected chi connectivity index (χ4v) is 2.81. The zero-order chi connectivity index (χ0) is 14.7. The Morgan fingerprint density at radius 3 is 2.95 bits per heavy atom. The van der Waals surface area contributed by atoms with Crippen molar-refractivity contribution in [2.75, 3.05) is 13.1 Å². The van der Waals surface area contributed by atoms with Crippen LogP contribution in [0, 0.1) is 11.5 Å². The fraction of sp³-hybridized carbons (Fsp3) is 0.500. The smallest absolute Gasteiger partial charge is 0.238 e. The van der Waals surface area contributed by atoms with Crippen molar-refractivity contribution in [1.29, 1.82) is 5.26 Å². The molecule has 3 unspecified atom stereocenters. The molecule has 2 aliphatic heterocycles. The molecule has 7 heteroatoms. The van der Waals surface area contributed by atoms with E-state index in [-0.39, 0.29) is 24.0 Å². The molecule has 0 spiro atoms. The Kier molecular flexibility index (Phi) is 3.99. The summed E-state index contributed by atoms with van der Waals surface area (Å²) in [7, 11) is 0. The lowest BCUT2D eigenvalue weighted by atomic mass is 10.0. The number of nitriles is 1. The second-order valence-corrected chi connectivity index (χ2v) is 5.45. The first kappa shape index (κ1) is 13.8. The van der Waals surface area contributed by atoms with Gasteiger partial charge in [-0.15, -0.1) is 0 Å². The van der Waals surface area contributed by atoms with Gasteiger partial charge in [-0.1, -0.05) is 0 Å². The molecule has 3 rings (SSSR count). The molecule has 0 saturated carbocycles. The van der Waals surface area contributed by atoms with Crippen molar-refractivity contribution >= 4 is 5.91 Å². The highest BCUT2D eigenvalue weighted by Crippen LogP contribution is 2.21. The van der Waals surface area contributed by atoms with Crippen molar-refractivity contribution in [2.24, 2.45) is 0 Å². The van der Waals surface area contributed by atoms with Gasteiger partial charge in [0.1, 0.15) is 6.04 Å². The third-order valence-electron chi connectivity index (χ3n) is 4.00. The van der Waals surface area contributed by atoms with Crippen LogP contribution >= 0.6 is 0 Å². The number of carbonyl (C=O) groups excluding carboxylic acids is 1. The van der Waals surface area contributed by atoms with E-state index in [0.29, 0.717) is 13.0 Å². The third kappa shape index (κ3) is 3.12. The van der Waals surface area contributed by atoms with Crippen LogP contribution in [-0.2, 0) is 4.79 Å². The lowest BCUT2D eigenvalue weighted by Crippen LogP contribution is -2.47. The van der Waals surface area contributed by atoms with Crippen molar-refractivity contribution in [1.82, 2.24) is 26.1 Å². The molecular formula is C14H18N6O. The molecule has 2 aliphatic rings. The summed E-state index contributed by atoms with van der Waals surface area (Å²) in [5.41, 5.74) is 7.31. The van der Waals surface area contributed by atoms with E-state index in [4.69, 9.17) is 5.26 Å². The minimum Gasteiger partial charge on any atom is -0.350 e. The largest absolute Gasteiger partial charge is 0.350 e. The van der Waals surface area contributed by atoms with Crippen LogP contribution in [0.25, 0.3) is 0 Å². The van der Waals surface area contributed by atoms with E-state index in [2.05, 4.69) is 27.3 Å². The summed E-state index contributed by atoms with van der Waals surface area (Å²) < 4.78 is 0. The van der Waals surface area contributed by atoms with Gasteiger partial charge in [0.25, 0.3) is 0 Å². The molecule has 3 atom stereocenters. The van der Waals surface area contributed by atoms with Crippen LogP contribution in [0.4, 0.5) is 0 Å².